The van der Waals surface area contributed by atoms with Gasteiger partial charge in [-0.2, -0.15) is 0 Å². The van der Waals surface area contributed by atoms with Gasteiger partial charge in [0.1, 0.15) is 12.3 Å². The van der Waals surface area contributed by atoms with Crippen LogP contribution < -0.4 is 5.32 Å². The Morgan fingerprint density at radius 2 is 1.83 bits per heavy atom. The van der Waals surface area contributed by atoms with E-state index in [0.717, 1.165) is 19.3 Å². The summed E-state index contributed by atoms with van der Waals surface area (Å²) in [5.74, 6) is -3.10. The van der Waals surface area contributed by atoms with Crippen molar-refractivity contribution >= 4 is 45.2 Å². The van der Waals surface area contributed by atoms with Gasteiger partial charge in [0.05, 0.1) is 12.3 Å². The Bertz CT molecular complexity index is 465. The van der Waals surface area contributed by atoms with E-state index in [1.807, 2.05) is 21.6 Å². The number of unbranched alkanes of at least 4 members (excludes halogenated alkanes) is 1. The average Bonchev–Trinajstić information content (AvgIpc) is 3.01. The normalized spacial score (nSPS) is 18.1. The molecular weight excluding hydrogens is 354 g/mol. The molecule has 1 rings (SSSR count). The highest BCUT2D eigenvalue weighted by Gasteiger charge is 2.25. The standard InChI is InChI=1S/C15H23NO6S2/c17-11(3-1-2-4-12-5-6-23-24-12)7-10(8-13(18)19)15(22)16-9-14(20)21/h10,12H,1-9H2,(H,16,22)(H,18,19)(H,20,21). The summed E-state index contributed by atoms with van der Waals surface area (Å²) in [4.78, 5) is 45.1. The molecule has 0 bridgehead atoms. The number of carbonyl (C=O) groups is 4. The summed E-state index contributed by atoms with van der Waals surface area (Å²) in [5, 5.41) is 20.2. The van der Waals surface area contributed by atoms with Crippen molar-refractivity contribution in [2.45, 2.75) is 50.2 Å². The fourth-order valence-electron chi connectivity index (χ4n) is 2.41. The second kappa shape index (κ2) is 11.4. The number of aliphatic carboxylic acids is 2. The van der Waals surface area contributed by atoms with Crippen molar-refractivity contribution in [2.24, 2.45) is 5.92 Å². The van der Waals surface area contributed by atoms with Crippen LogP contribution in [0.2, 0.25) is 0 Å². The number of nitrogens with one attached hydrogen (secondary N) is 1. The third-order valence-corrected chi connectivity index (χ3v) is 6.65. The number of rotatable bonds is 12. The fraction of sp³-hybridized carbons (Fsp3) is 0.733. The summed E-state index contributed by atoms with van der Waals surface area (Å²) in [5.41, 5.74) is 0. The summed E-state index contributed by atoms with van der Waals surface area (Å²) in [6.07, 6.45) is 3.64. The molecule has 0 aromatic rings. The molecule has 1 fully saturated rings. The SMILES string of the molecule is O=C(O)CNC(=O)C(CC(=O)O)CC(=O)CCCCC1CCSS1. The number of carboxylic acid groups (broad SMARTS) is 2. The highest BCUT2D eigenvalue weighted by molar-refractivity contribution is 8.77. The van der Waals surface area contributed by atoms with E-state index in [9.17, 15) is 19.2 Å². The Hall–Kier alpha value is -1.22. The van der Waals surface area contributed by atoms with Crippen LogP contribution in [0.1, 0.15) is 44.9 Å². The van der Waals surface area contributed by atoms with Crippen LogP contribution in [0, 0.1) is 5.92 Å². The van der Waals surface area contributed by atoms with E-state index in [0.29, 0.717) is 11.7 Å². The Kier molecular flexibility index (Phi) is 9.85. The van der Waals surface area contributed by atoms with Gasteiger partial charge in [-0.15, -0.1) is 0 Å². The quantitative estimate of drug-likeness (QED) is 0.349. The number of hydrogen-bond donors (Lipinski definition) is 3. The van der Waals surface area contributed by atoms with Gasteiger partial charge in [0.2, 0.25) is 5.91 Å². The molecule has 0 aromatic heterocycles. The largest absolute Gasteiger partial charge is 0.481 e. The Balaban J connectivity index is 2.32. The first kappa shape index (κ1) is 20.8. The monoisotopic (exact) mass is 377 g/mol. The van der Waals surface area contributed by atoms with Crippen molar-refractivity contribution in [1.82, 2.24) is 5.32 Å². The van der Waals surface area contributed by atoms with Crippen LogP contribution in [-0.4, -0.2) is 51.4 Å². The maximum absolute atomic E-state index is 12.0. The molecule has 1 amide bonds. The predicted octanol–water partition coefficient (Wildman–Crippen LogP) is 1.95. The minimum Gasteiger partial charge on any atom is -0.481 e. The second-order valence-corrected chi connectivity index (χ2v) is 8.51. The molecule has 2 unspecified atom stereocenters. The average molecular weight is 377 g/mol. The van der Waals surface area contributed by atoms with Crippen LogP contribution in [0.5, 0.6) is 0 Å². The first-order valence-electron chi connectivity index (χ1n) is 7.89. The lowest BCUT2D eigenvalue weighted by Crippen LogP contribution is -2.36. The number of hydrogen-bond acceptors (Lipinski definition) is 6. The van der Waals surface area contributed by atoms with Gasteiger partial charge in [-0.1, -0.05) is 28.0 Å². The zero-order chi connectivity index (χ0) is 17.9. The van der Waals surface area contributed by atoms with Crippen LogP contribution in [-0.2, 0) is 19.2 Å². The summed E-state index contributed by atoms with van der Waals surface area (Å²) in [6, 6.07) is 0. The first-order chi connectivity index (χ1) is 11.4. The molecule has 0 aromatic carbocycles. The summed E-state index contributed by atoms with van der Waals surface area (Å²) in [6.45, 7) is -0.583. The molecule has 2 atom stereocenters. The highest BCUT2D eigenvalue weighted by atomic mass is 33.1. The molecule has 7 nitrogen and oxygen atoms in total. The Morgan fingerprint density at radius 3 is 2.42 bits per heavy atom. The van der Waals surface area contributed by atoms with Gasteiger partial charge in [0, 0.05) is 23.8 Å². The summed E-state index contributed by atoms with van der Waals surface area (Å²) >= 11 is 0. The number of carboxylic acids is 2. The molecule has 1 heterocycles. The topological polar surface area (TPSA) is 121 Å². The minimum absolute atomic E-state index is 0.153. The molecule has 0 saturated carbocycles. The van der Waals surface area contributed by atoms with E-state index in [-0.39, 0.29) is 12.2 Å². The molecule has 9 heteroatoms. The lowest BCUT2D eigenvalue weighted by atomic mass is 9.95. The molecule has 0 radical (unpaired) electrons. The molecule has 1 saturated heterocycles. The summed E-state index contributed by atoms with van der Waals surface area (Å²) < 4.78 is 0. The van der Waals surface area contributed by atoms with E-state index in [1.165, 1.54) is 12.2 Å². The molecule has 0 aliphatic carbocycles. The van der Waals surface area contributed by atoms with Gasteiger partial charge in [-0.25, -0.2) is 0 Å². The van der Waals surface area contributed by atoms with Gasteiger partial charge in [0.15, 0.2) is 0 Å². The molecule has 24 heavy (non-hydrogen) atoms. The second-order valence-electron chi connectivity index (χ2n) is 5.72. The third-order valence-electron chi connectivity index (χ3n) is 3.64. The lowest BCUT2D eigenvalue weighted by molar-refractivity contribution is -0.142. The smallest absolute Gasteiger partial charge is 0.322 e. The van der Waals surface area contributed by atoms with Gasteiger partial charge in [-0.05, 0) is 19.3 Å². The van der Waals surface area contributed by atoms with Crippen LogP contribution in [0.4, 0.5) is 0 Å². The molecule has 136 valence electrons. The number of ketones is 1. The predicted molar refractivity (Wildman–Crippen MR) is 92.9 cm³/mol. The van der Waals surface area contributed by atoms with Gasteiger partial charge >= 0.3 is 11.9 Å². The van der Waals surface area contributed by atoms with Gasteiger partial charge < -0.3 is 15.5 Å². The van der Waals surface area contributed by atoms with E-state index < -0.39 is 36.7 Å². The minimum atomic E-state index is -1.22. The van der Waals surface area contributed by atoms with Gasteiger partial charge in [0.25, 0.3) is 0 Å². The number of carbonyl (C=O) groups excluding carboxylic acids is 2. The van der Waals surface area contributed by atoms with Crippen molar-refractivity contribution in [1.29, 1.82) is 0 Å². The van der Waals surface area contributed by atoms with Crippen molar-refractivity contribution in [2.75, 3.05) is 12.3 Å². The van der Waals surface area contributed by atoms with Crippen LogP contribution in [0.25, 0.3) is 0 Å². The molecule has 3 N–H and O–H groups in total. The van der Waals surface area contributed by atoms with E-state index in [1.54, 1.807) is 0 Å². The Morgan fingerprint density at radius 1 is 1.08 bits per heavy atom. The maximum atomic E-state index is 12.0. The maximum Gasteiger partial charge on any atom is 0.322 e. The van der Waals surface area contributed by atoms with Crippen molar-refractivity contribution in [3.8, 4) is 0 Å². The van der Waals surface area contributed by atoms with E-state index in [4.69, 9.17) is 10.2 Å². The lowest BCUT2D eigenvalue weighted by Gasteiger charge is -2.13. The van der Waals surface area contributed by atoms with Crippen molar-refractivity contribution in [3.05, 3.63) is 0 Å². The van der Waals surface area contributed by atoms with Crippen molar-refractivity contribution < 1.29 is 29.4 Å². The van der Waals surface area contributed by atoms with Crippen LogP contribution >= 0.6 is 21.6 Å². The summed E-state index contributed by atoms with van der Waals surface area (Å²) in [7, 11) is 3.77. The Labute approximate surface area is 148 Å². The molecular formula is C15H23NO6S2. The number of Topliss-reactive ketones (excluding diaryl/α,β-unsaturated/α-hetero) is 1. The molecule has 0 spiro atoms. The third kappa shape index (κ3) is 9.17. The van der Waals surface area contributed by atoms with Crippen LogP contribution in [0.3, 0.4) is 0 Å². The van der Waals surface area contributed by atoms with E-state index >= 15 is 0 Å². The van der Waals surface area contributed by atoms with Gasteiger partial charge in [-0.3, -0.25) is 19.2 Å². The number of amides is 1. The zero-order valence-electron chi connectivity index (χ0n) is 13.4. The van der Waals surface area contributed by atoms with E-state index in [2.05, 4.69) is 5.32 Å². The first-order valence-corrected chi connectivity index (χ1v) is 10.3. The molecule has 1 aliphatic heterocycles. The zero-order valence-corrected chi connectivity index (χ0v) is 15.0. The molecule has 1 aliphatic rings. The highest BCUT2D eigenvalue weighted by Crippen LogP contribution is 2.39. The van der Waals surface area contributed by atoms with Crippen LogP contribution in [0.15, 0.2) is 0 Å². The fourth-order valence-corrected chi connectivity index (χ4v) is 5.44. The van der Waals surface area contributed by atoms with Crippen molar-refractivity contribution in [3.63, 3.8) is 0 Å².